The van der Waals surface area contributed by atoms with Gasteiger partial charge >= 0.3 is 0 Å². The van der Waals surface area contributed by atoms with Crippen molar-refractivity contribution in [3.05, 3.63) is 36.2 Å². The third kappa shape index (κ3) is 3.84. The number of benzene rings is 1. The van der Waals surface area contributed by atoms with Crippen molar-refractivity contribution in [2.45, 2.75) is 26.7 Å². The van der Waals surface area contributed by atoms with Crippen molar-refractivity contribution in [2.24, 2.45) is 0 Å². The lowest BCUT2D eigenvalue weighted by Gasteiger charge is -2.20. The number of rotatable bonds is 6. The Morgan fingerprint density at radius 3 is 2.57 bits per heavy atom. The zero-order valence-electron chi connectivity index (χ0n) is 12.8. The van der Waals surface area contributed by atoms with Gasteiger partial charge in [0.05, 0.1) is 0 Å². The van der Waals surface area contributed by atoms with E-state index >= 15 is 0 Å². The molecule has 0 aliphatic rings. The molecule has 0 fully saturated rings. The van der Waals surface area contributed by atoms with E-state index in [-0.39, 0.29) is 0 Å². The van der Waals surface area contributed by atoms with E-state index in [0.29, 0.717) is 23.1 Å². The summed E-state index contributed by atoms with van der Waals surface area (Å²) in [4.78, 5) is 10.4. The number of nitrogen functional groups attached to an aromatic ring is 1. The first kappa shape index (κ1) is 15.1. The summed E-state index contributed by atoms with van der Waals surface area (Å²) in [6.07, 6.45) is 3.70. The van der Waals surface area contributed by atoms with Crippen molar-refractivity contribution in [1.29, 1.82) is 0 Å². The molecule has 112 valence electrons. The van der Waals surface area contributed by atoms with E-state index in [2.05, 4.69) is 16.9 Å². The summed E-state index contributed by atoms with van der Waals surface area (Å²) in [7, 11) is 1.98. The summed E-state index contributed by atoms with van der Waals surface area (Å²) in [5.74, 6) is 1.82. The average molecular weight is 286 g/mol. The number of nitrogens with zero attached hydrogens (tertiary/aromatic N) is 3. The molecule has 0 saturated heterocycles. The van der Waals surface area contributed by atoms with Crippen LogP contribution in [0.3, 0.4) is 0 Å². The van der Waals surface area contributed by atoms with E-state index in [1.165, 1.54) is 11.9 Å². The minimum Gasteiger partial charge on any atom is -0.437 e. The maximum absolute atomic E-state index is 6.14. The van der Waals surface area contributed by atoms with Crippen LogP contribution in [0.4, 0.5) is 11.5 Å². The molecule has 0 amide bonds. The Balaban J connectivity index is 2.19. The third-order valence-corrected chi connectivity index (χ3v) is 3.27. The molecule has 5 nitrogen and oxygen atoms in total. The fraction of sp³-hybridized carbons (Fsp3) is 0.375. The topological polar surface area (TPSA) is 64.3 Å². The summed E-state index contributed by atoms with van der Waals surface area (Å²) in [6.45, 7) is 5.09. The second kappa shape index (κ2) is 6.92. The largest absolute Gasteiger partial charge is 0.437 e. The van der Waals surface area contributed by atoms with Crippen LogP contribution in [0.2, 0.25) is 0 Å². The van der Waals surface area contributed by atoms with Crippen LogP contribution in [0.15, 0.2) is 30.6 Å². The molecule has 2 aromatic rings. The van der Waals surface area contributed by atoms with E-state index in [1.54, 1.807) is 0 Å². The van der Waals surface area contributed by atoms with Gasteiger partial charge < -0.3 is 15.4 Å². The summed E-state index contributed by atoms with van der Waals surface area (Å²) in [6, 6.07) is 7.77. The predicted molar refractivity (Wildman–Crippen MR) is 85.9 cm³/mol. The summed E-state index contributed by atoms with van der Waals surface area (Å²) >= 11 is 0. The van der Waals surface area contributed by atoms with Crippen molar-refractivity contribution >= 4 is 11.5 Å². The first-order valence-corrected chi connectivity index (χ1v) is 7.18. The zero-order valence-corrected chi connectivity index (χ0v) is 12.8. The molecule has 1 heterocycles. The Labute approximate surface area is 125 Å². The van der Waals surface area contributed by atoms with Gasteiger partial charge in [-0.1, -0.05) is 31.0 Å². The number of unbranched alkanes of at least 4 members (excludes halogenated alkanes) is 1. The fourth-order valence-electron chi connectivity index (χ4n) is 1.98. The maximum atomic E-state index is 6.14. The van der Waals surface area contributed by atoms with Crippen LogP contribution in [0.25, 0.3) is 0 Å². The molecular formula is C16H22N4O. The first-order chi connectivity index (χ1) is 10.1. The molecule has 21 heavy (non-hydrogen) atoms. The summed E-state index contributed by atoms with van der Waals surface area (Å²) < 4.78 is 5.76. The molecule has 0 aliphatic carbocycles. The van der Waals surface area contributed by atoms with Gasteiger partial charge in [0, 0.05) is 13.6 Å². The molecule has 0 atom stereocenters. The fourth-order valence-corrected chi connectivity index (χ4v) is 1.98. The number of hydrogen-bond acceptors (Lipinski definition) is 5. The highest BCUT2D eigenvalue weighted by Gasteiger charge is 2.13. The molecular weight excluding hydrogens is 264 g/mol. The molecule has 1 aromatic heterocycles. The molecule has 1 aromatic carbocycles. The van der Waals surface area contributed by atoms with Crippen molar-refractivity contribution in [1.82, 2.24) is 9.97 Å². The number of aryl methyl sites for hydroxylation is 1. The van der Waals surface area contributed by atoms with Crippen LogP contribution in [-0.4, -0.2) is 23.6 Å². The van der Waals surface area contributed by atoms with Crippen LogP contribution in [-0.2, 0) is 0 Å². The lowest BCUT2D eigenvalue weighted by molar-refractivity contribution is 0.464. The minimum absolute atomic E-state index is 0.396. The highest BCUT2D eigenvalue weighted by atomic mass is 16.5. The van der Waals surface area contributed by atoms with Crippen LogP contribution in [0, 0.1) is 6.92 Å². The minimum atomic E-state index is 0.396. The SMILES string of the molecule is CCCCN(C)c1ncnc(Oc2ccc(C)cc2)c1N. The standard InChI is InChI=1S/C16H22N4O/c1-4-5-10-20(3)15-14(17)16(19-11-18-15)21-13-8-6-12(2)7-9-13/h6-9,11H,4-5,10,17H2,1-3H3. The van der Waals surface area contributed by atoms with E-state index in [9.17, 15) is 0 Å². The predicted octanol–water partition coefficient (Wildman–Crippen LogP) is 3.40. The lowest BCUT2D eigenvalue weighted by Crippen LogP contribution is -2.21. The van der Waals surface area contributed by atoms with E-state index in [4.69, 9.17) is 10.5 Å². The normalized spacial score (nSPS) is 10.4. The van der Waals surface area contributed by atoms with Gasteiger partial charge in [0.15, 0.2) is 5.82 Å². The second-order valence-electron chi connectivity index (χ2n) is 5.11. The zero-order chi connectivity index (χ0) is 15.2. The van der Waals surface area contributed by atoms with Crippen molar-refractivity contribution in [2.75, 3.05) is 24.2 Å². The van der Waals surface area contributed by atoms with Crippen molar-refractivity contribution < 1.29 is 4.74 Å². The highest BCUT2D eigenvalue weighted by Crippen LogP contribution is 2.30. The average Bonchev–Trinajstić information content (AvgIpc) is 2.49. The molecule has 0 radical (unpaired) electrons. The van der Waals surface area contributed by atoms with Gasteiger partial charge in [-0.2, -0.15) is 4.98 Å². The molecule has 0 bridgehead atoms. The Hall–Kier alpha value is -2.30. The monoisotopic (exact) mass is 286 g/mol. The number of aromatic nitrogens is 2. The third-order valence-electron chi connectivity index (χ3n) is 3.27. The summed E-state index contributed by atoms with van der Waals surface area (Å²) in [5.41, 5.74) is 7.79. The molecule has 2 N–H and O–H groups in total. The number of ether oxygens (including phenoxy) is 1. The van der Waals surface area contributed by atoms with Crippen molar-refractivity contribution in [3.8, 4) is 11.6 Å². The molecule has 0 aliphatic heterocycles. The molecule has 0 spiro atoms. The van der Waals surface area contributed by atoms with Gasteiger partial charge in [0.1, 0.15) is 17.8 Å². The Bertz CT molecular complexity index is 583. The van der Waals surface area contributed by atoms with E-state index in [1.807, 2.05) is 43.1 Å². The maximum Gasteiger partial charge on any atom is 0.248 e. The summed E-state index contributed by atoms with van der Waals surface area (Å²) in [5, 5.41) is 0. The first-order valence-electron chi connectivity index (χ1n) is 7.18. The molecule has 2 rings (SSSR count). The van der Waals surface area contributed by atoms with Gasteiger partial charge in [0.25, 0.3) is 0 Å². The molecule has 0 unspecified atom stereocenters. The van der Waals surface area contributed by atoms with Gasteiger partial charge in [-0.25, -0.2) is 4.98 Å². The van der Waals surface area contributed by atoms with Gasteiger partial charge in [-0.05, 0) is 25.5 Å². The van der Waals surface area contributed by atoms with Gasteiger partial charge in [-0.3, -0.25) is 0 Å². The second-order valence-corrected chi connectivity index (χ2v) is 5.11. The Morgan fingerprint density at radius 1 is 1.19 bits per heavy atom. The number of hydrogen-bond donors (Lipinski definition) is 1. The van der Waals surface area contributed by atoms with E-state index in [0.717, 1.165) is 19.4 Å². The lowest BCUT2D eigenvalue weighted by atomic mass is 10.2. The van der Waals surface area contributed by atoms with Crippen molar-refractivity contribution in [3.63, 3.8) is 0 Å². The smallest absolute Gasteiger partial charge is 0.248 e. The van der Waals surface area contributed by atoms with Crippen LogP contribution >= 0.6 is 0 Å². The van der Waals surface area contributed by atoms with E-state index < -0.39 is 0 Å². The molecule has 0 saturated carbocycles. The van der Waals surface area contributed by atoms with Gasteiger partial charge in [-0.15, -0.1) is 0 Å². The van der Waals surface area contributed by atoms with Crippen LogP contribution in [0.1, 0.15) is 25.3 Å². The molecule has 5 heteroatoms. The number of anilines is 2. The van der Waals surface area contributed by atoms with Crippen LogP contribution < -0.4 is 15.4 Å². The Kier molecular flexibility index (Phi) is 4.98. The highest BCUT2D eigenvalue weighted by molar-refractivity contribution is 5.67. The van der Waals surface area contributed by atoms with Gasteiger partial charge in [0.2, 0.25) is 5.88 Å². The quantitative estimate of drug-likeness (QED) is 0.881. The number of nitrogens with two attached hydrogens (primary N) is 1. The van der Waals surface area contributed by atoms with Crippen LogP contribution in [0.5, 0.6) is 11.6 Å². The Morgan fingerprint density at radius 2 is 1.90 bits per heavy atom.